The van der Waals surface area contributed by atoms with Gasteiger partial charge in [0.15, 0.2) is 5.11 Å². The van der Waals surface area contributed by atoms with Crippen molar-refractivity contribution in [3.05, 3.63) is 59.9 Å². The second kappa shape index (κ2) is 8.27. The first-order valence-electron chi connectivity index (χ1n) is 8.90. The van der Waals surface area contributed by atoms with Crippen molar-refractivity contribution in [2.45, 2.75) is 38.1 Å². The number of hydrogen-bond acceptors (Lipinski definition) is 4. The molecule has 0 bridgehead atoms. The van der Waals surface area contributed by atoms with Crippen molar-refractivity contribution in [3.63, 3.8) is 0 Å². The first-order valence-corrected chi connectivity index (χ1v) is 9.31. The van der Waals surface area contributed by atoms with E-state index in [2.05, 4.69) is 15.6 Å². The Bertz CT molecular complexity index is 774. The Labute approximate surface area is 159 Å². The van der Waals surface area contributed by atoms with Crippen molar-refractivity contribution in [1.29, 1.82) is 0 Å². The van der Waals surface area contributed by atoms with E-state index in [1.165, 1.54) is 5.56 Å². The normalized spacial score (nSPS) is 15.3. The summed E-state index contributed by atoms with van der Waals surface area (Å²) < 4.78 is 5.05. The predicted molar refractivity (Wildman–Crippen MR) is 106 cm³/mol. The first-order chi connectivity index (χ1) is 12.6. The van der Waals surface area contributed by atoms with E-state index in [1.54, 1.807) is 19.1 Å². The van der Waals surface area contributed by atoms with Crippen LogP contribution < -0.4 is 10.6 Å². The average molecular weight is 369 g/mol. The number of anilines is 1. The van der Waals surface area contributed by atoms with Gasteiger partial charge in [-0.1, -0.05) is 18.9 Å². The highest BCUT2D eigenvalue weighted by Crippen LogP contribution is 2.38. The number of thiocarbonyl (C=S) groups is 1. The quantitative estimate of drug-likeness (QED) is 0.613. The molecule has 136 valence electrons. The summed E-state index contributed by atoms with van der Waals surface area (Å²) >= 11 is 5.55. The summed E-state index contributed by atoms with van der Waals surface area (Å²) in [5, 5.41) is 7.25. The summed E-state index contributed by atoms with van der Waals surface area (Å²) in [4.78, 5) is 16.0. The van der Waals surface area contributed by atoms with Gasteiger partial charge in [0, 0.05) is 18.1 Å². The van der Waals surface area contributed by atoms with Crippen LogP contribution in [0.4, 0.5) is 5.69 Å². The summed E-state index contributed by atoms with van der Waals surface area (Å²) in [5.41, 5.74) is 2.31. The Morgan fingerprint density at radius 2 is 1.96 bits per heavy atom. The number of hydrogen-bond donors (Lipinski definition) is 2. The van der Waals surface area contributed by atoms with E-state index in [-0.39, 0.29) is 11.5 Å². The zero-order valence-corrected chi connectivity index (χ0v) is 15.6. The van der Waals surface area contributed by atoms with E-state index in [0.717, 1.165) is 31.4 Å². The number of ether oxygens (including phenoxy) is 1. The molecule has 0 spiro atoms. The van der Waals surface area contributed by atoms with Crippen molar-refractivity contribution in [2.24, 2.45) is 0 Å². The number of rotatable bonds is 5. The van der Waals surface area contributed by atoms with Gasteiger partial charge in [0.2, 0.25) is 0 Å². The van der Waals surface area contributed by atoms with Crippen LogP contribution in [0.2, 0.25) is 0 Å². The lowest BCUT2D eigenvalue weighted by Crippen LogP contribution is -2.45. The largest absolute Gasteiger partial charge is 0.462 e. The molecule has 1 saturated carbocycles. The van der Waals surface area contributed by atoms with Crippen LogP contribution in [0.5, 0.6) is 0 Å². The Morgan fingerprint density at radius 1 is 1.23 bits per heavy atom. The number of nitrogens with zero attached hydrogens (tertiary/aromatic N) is 1. The Kier molecular flexibility index (Phi) is 5.83. The summed E-state index contributed by atoms with van der Waals surface area (Å²) in [6, 6.07) is 11.3. The van der Waals surface area contributed by atoms with Crippen molar-refractivity contribution in [1.82, 2.24) is 10.3 Å². The fourth-order valence-corrected chi connectivity index (χ4v) is 3.77. The van der Waals surface area contributed by atoms with Gasteiger partial charge in [-0.25, -0.2) is 4.79 Å². The summed E-state index contributed by atoms with van der Waals surface area (Å²) in [6.07, 6.45) is 8.02. The molecule has 0 saturated heterocycles. The zero-order chi connectivity index (χ0) is 18.4. The van der Waals surface area contributed by atoms with Gasteiger partial charge in [0.05, 0.1) is 17.7 Å². The van der Waals surface area contributed by atoms with E-state index in [1.807, 2.05) is 36.7 Å². The molecule has 2 N–H and O–H groups in total. The fraction of sp³-hybridized carbons (Fsp3) is 0.350. The van der Waals surface area contributed by atoms with Crippen LogP contribution in [-0.4, -0.2) is 22.7 Å². The monoisotopic (exact) mass is 369 g/mol. The highest BCUT2D eigenvalue weighted by molar-refractivity contribution is 7.80. The molecule has 1 aromatic carbocycles. The first kappa shape index (κ1) is 18.3. The number of carbonyl (C=O) groups is 1. The number of esters is 1. The molecule has 3 rings (SSSR count). The highest BCUT2D eigenvalue weighted by atomic mass is 32.1. The molecule has 1 heterocycles. The molecule has 6 heteroatoms. The minimum absolute atomic E-state index is 0.161. The third-order valence-electron chi connectivity index (χ3n) is 4.67. The topological polar surface area (TPSA) is 63.2 Å². The lowest BCUT2D eigenvalue weighted by molar-refractivity contribution is 0.0526. The van der Waals surface area contributed by atoms with Crippen LogP contribution in [0.1, 0.15) is 48.5 Å². The van der Waals surface area contributed by atoms with Crippen LogP contribution >= 0.6 is 12.2 Å². The maximum absolute atomic E-state index is 11.9. The molecule has 0 atom stereocenters. The van der Waals surface area contributed by atoms with E-state index >= 15 is 0 Å². The van der Waals surface area contributed by atoms with Gasteiger partial charge in [-0.05, 0) is 67.9 Å². The van der Waals surface area contributed by atoms with Gasteiger partial charge in [0.1, 0.15) is 0 Å². The van der Waals surface area contributed by atoms with Crippen molar-refractivity contribution in [3.8, 4) is 0 Å². The molecule has 1 aliphatic rings. The van der Waals surface area contributed by atoms with Gasteiger partial charge >= 0.3 is 5.97 Å². The number of carbonyl (C=O) groups excluding carboxylic acids is 1. The molecule has 0 radical (unpaired) electrons. The predicted octanol–water partition coefficient (Wildman–Crippen LogP) is 4.01. The van der Waals surface area contributed by atoms with Crippen LogP contribution in [0.25, 0.3) is 0 Å². The SMILES string of the molecule is CCOC(=O)c1cccc(NC(=S)NC2(c3ccncc3)CCCC2)c1. The molecule has 1 fully saturated rings. The maximum Gasteiger partial charge on any atom is 0.338 e. The molecule has 0 aliphatic heterocycles. The molecule has 26 heavy (non-hydrogen) atoms. The summed E-state index contributed by atoms with van der Waals surface area (Å²) in [6.45, 7) is 2.14. The van der Waals surface area contributed by atoms with Gasteiger partial charge in [0.25, 0.3) is 0 Å². The van der Waals surface area contributed by atoms with Gasteiger partial charge < -0.3 is 15.4 Å². The Balaban J connectivity index is 1.72. The minimum atomic E-state index is -0.334. The molecule has 0 unspecified atom stereocenters. The van der Waals surface area contributed by atoms with Crippen molar-refractivity contribution < 1.29 is 9.53 Å². The molecule has 0 amide bonds. The number of nitrogens with one attached hydrogen (secondary N) is 2. The van der Waals surface area contributed by atoms with Crippen molar-refractivity contribution in [2.75, 3.05) is 11.9 Å². The highest BCUT2D eigenvalue weighted by Gasteiger charge is 2.36. The zero-order valence-electron chi connectivity index (χ0n) is 14.8. The van der Waals surface area contributed by atoms with Gasteiger partial charge in [-0.3, -0.25) is 4.98 Å². The minimum Gasteiger partial charge on any atom is -0.462 e. The van der Waals surface area contributed by atoms with Crippen LogP contribution in [-0.2, 0) is 10.3 Å². The molecule has 1 aliphatic carbocycles. The molecule has 2 aromatic rings. The fourth-order valence-electron chi connectivity index (χ4n) is 3.45. The van der Waals surface area contributed by atoms with Crippen LogP contribution in [0, 0.1) is 0 Å². The Morgan fingerprint density at radius 3 is 2.65 bits per heavy atom. The van der Waals surface area contributed by atoms with E-state index in [4.69, 9.17) is 17.0 Å². The van der Waals surface area contributed by atoms with Crippen LogP contribution in [0.15, 0.2) is 48.8 Å². The third-order valence-corrected chi connectivity index (χ3v) is 4.88. The summed E-state index contributed by atoms with van der Waals surface area (Å²) in [7, 11) is 0. The van der Waals surface area contributed by atoms with Gasteiger partial charge in [-0.2, -0.15) is 0 Å². The van der Waals surface area contributed by atoms with E-state index in [9.17, 15) is 4.79 Å². The van der Waals surface area contributed by atoms with E-state index in [0.29, 0.717) is 17.3 Å². The second-order valence-electron chi connectivity index (χ2n) is 6.41. The Hall–Kier alpha value is -2.47. The summed E-state index contributed by atoms with van der Waals surface area (Å²) in [5.74, 6) is -0.334. The standard InChI is InChI=1S/C20H23N3O2S/c1-2-25-18(24)15-6-5-7-17(14-15)22-19(26)23-20(10-3-4-11-20)16-8-12-21-13-9-16/h5-9,12-14H,2-4,10-11H2,1H3,(H2,22,23,26). The van der Waals surface area contributed by atoms with Crippen LogP contribution in [0.3, 0.4) is 0 Å². The number of pyridine rings is 1. The lowest BCUT2D eigenvalue weighted by atomic mass is 9.89. The van der Waals surface area contributed by atoms with Crippen molar-refractivity contribution >= 4 is 29.0 Å². The number of aromatic nitrogens is 1. The van der Waals surface area contributed by atoms with Gasteiger partial charge in [-0.15, -0.1) is 0 Å². The van der Waals surface area contributed by atoms with E-state index < -0.39 is 0 Å². The molecule has 1 aromatic heterocycles. The smallest absolute Gasteiger partial charge is 0.338 e. The third kappa shape index (κ3) is 4.19. The average Bonchev–Trinajstić information content (AvgIpc) is 3.12. The molecular weight excluding hydrogens is 346 g/mol. The molecular formula is C20H23N3O2S. The maximum atomic E-state index is 11.9. The second-order valence-corrected chi connectivity index (χ2v) is 6.81. The lowest BCUT2D eigenvalue weighted by Gasteiger charge is -2.32. The molecule has 5 nitrogen and oxygen atoms in total. The number of benzene rings is 1.